The van der Waals surface area contributed by atoms with Crippen molar-refractivity contribution in [2.45, 2.75) is 64.0 Å². The molecule has 1 saturated heterocycles. The lowest BCUT2D eigenvalue weighted by atomic mass is 9.72. The van der Waals surface area contributed by atoms with Crippen LogP contribution in [-0.2, 0) is 5.41 Å². The minimum atomic E-state index is -4.43. The largest absolute Gasteiger partial charge is 0.497 e. The van der Waals surface area contributed by atoms with E-state index in [1.165, 1.54) is 0 Å². The molecule has 4 N–H and O–H groups in total. The van der Waals surface area contributed by atoms with Crippen LogP contribution in [-0.4, -0.2) is 45.6 Å². The number of nitrogens with zero attached hydrogens (tertiary/aromatic N) is 1. The lowest BCUT2D eigenvalue weighted by Gasteiger charge is -2.43. The first-order valence-corrected chi connectivity index (χ1v) is 15.0. The fourth-order valence-electron chi connectivity index (χ4n) is 5.87. The van der Waals surface area contributed by atoms with Crippen LogP contribution in [0.3, 0.4) is 0 Å². The second kappa shape index (κ2) is 16.4. The molecule has 12 heteroatoms. The van der Waals surface area contributed by atoms with E-state index in [4.69, 9.17) is 15.2 Å². The smallest absolute Gasteiger partial charge is 0.422 e. The molecular formula is C34H45Cl2F3N4O3. The highest BCUT2D eigenvalue weighted by Gasteiger charge is 2.38. The Hall–Kier alpha value is -3.50. The number of hydrogen-bond acceptors (Lipinski definition) is 5. The fraction of sp³-hybridized carbons (Fsp3) is 0.441. The van der Waals surface area contributed by atoms with Gasteiger partial charge in [-0.2, -0.15) is 13.2 Å². The van der Waals surface area contributed by atoms with E-state index < -0.39 is 18.2 Å². The lowest BCUT2D eigenvalue weighted by Crippen LogP contribution is -2.50. The maximum absolute atomic E-state index is 13.5. The van der Waals surface area contributed by atoms with Crippen LogP contribution in [0.25, 0.3) is 0 Å². The molecule has 1 aliphatic rings. The molecule has 3 aromatic rings. The van der Waals surface area contributed by atoms with Crippen LogP contribution in [0.15, 0.2) is 60.7 Å². The molecule has 0 unspecified atom stereocenters. The molecular weight excluding hydrogens is 640 g/mol. The molecule has 1 aliphatic heterocycles. The van der Waals surface area contributed by atoms with Gasteiger partial charge in [0.15, 0.2) is 6.61 Å². The zero-order valence-electron chi connectivity index (χ0n) is 26.9. The van der Waals surface area contributed by atoms with Crippen molar-refractivity contribution in [1.82, 2.24) is 5.32 Å². The Bertz CT molecular complexity index is 1420. The number of amides is 2. The molecule has 7 nitrogen and oxygen atoms in total. The third kappa shape index (κ3) is 9.51. The number of nitrogens with one attached hydrogen (secondary N) is 2. The van der Waals surface area contributed by atoms with Gasteiger partial charge in [-0.25, -0.2) is 4.79 Å². The van der Waals surface area contributed by atoms with Gasteiger partial charge < -0.3 is 30.7 Å². The molecule has 0 saturated carbocycles. The Morgan fingerprint density at radius 2 is 1.57 bits per heavy atom. The van der Waals surface area contributed by atoms with E-state index in [1.54, 1.807) is 31.4 Å². The number of ether oxygens (including phenoxy) is 2. The molecule has 46 heavy (non-hydrogen) atoms. The molecule has 1 heterocycles. The normalized spacial score (nSPS) is 14.3. The number of anilines is 3. The fourth-order valence-corrected chi connectivity index (χ4v) is 5.87. The summed E-state index contributed by atoms with van der Waals surface area (Å²) in [4.78, 5) is 15.5. The van der Waals surface area contributed by atoms with Crippen molar-refractivity contribution in [2.24, 2.45) is 0 Å². The van der Waals surface area contributed by atoms with Crippen LogP contribution in [0.4, 0.5) is 35.0 Å². The standard InChI is InChI=1S/C34H43F3N4O3.2ClH/c1-22(2)27-18-25(38)19-28(23(3)4)31(27)40-32(42)39-20-33(24-9-8-10-26(17-24)43-5)13-15-41(16-14-33)29-11-6-7-12-30(29)44-21-34(35,36)37;;/h6-12,17-19,22-23H,13-16,20-21,38H2,1-5H3,(H2,39,40,42);2*1H. The van der Waals surface area contributed by atoms with Crippen LogP contribution < -0.4 is 30.7 Å². The number of alkyl halides is 3. The van der Waals surface area contributed by atoms with Crippen molar-refractivity contribution in [2.75, 3.05) is 49.3 Å². The minimum absolute atomic E-state index is 0. The Labute approximate surface area is 282 Å². The summed E-state index contributed by atoms with van der Waals surface area (Å²) in [5, 5.41) is 6.26. The first kappa shape index (κ1) is 38.7. The first-order chi connectivity index (χ1) is 20.8. The molecule has 0 spiro atoms. The monoisotopic (exact) mass is 684 g/mol. The zero-order chi connectivity index (χ0) is 32.1. The number of halogens is 5. The molecule has 0 bridgehead atoms. The van der Waals surface area contributed by atoms with Crippen molar-refractivity contribution < 1.29 is 27.4 Å². The van der Waals surface area contributed by atoms with Crippen molar-refractivity contribution in [1.29, 1.82) is 0 Å². The van der Waals surface area contributed by atoms with Crippen LogP contribution >= 0.6 is 24.8 Å². The van der Waals surface area contributed by atoms with Gasteiger partial charge in [-0.1, -0.05) is 52.0 Å². The number of carbonyl (C=O) groups excluding carboxylic acids is 1. The van der Waals surface area contributed by atoms with E-state index in [9.17, 15) is 18.0 Å². The van der Waals surface area contributed by atoms with Crippen molar-refractivity contribution in [3.63, 3.8) is 0 Å². The Balaban J connectivity index is 0.00000368. The topological polar surface area (TPSA) is 88.8 Å². The van der Waals surface area contributed by atoms with Crippen molar-refractivity contribution in [3.8, 4) is 11.5 Å². The second-order valence-corrected chi connectivity index (χ2v) is 12.1. The number of nitrogen functional groups attached to an aromatic ring is 1. The Morgan fingerprint density at radius 3 is 2.13 bits per heavy atom. The van der Waals surface area contributed by atoms with Gasteiger partial charge in [-0.15, -0.1) is 24.8 Å². The van der Waals surface area contributed by atoms with E-state index in [1.807, 2.05) is 41.3 Å². The van der Waals surface area contributed by atoms with Gasteiger partial charge in [0.2, 0.25) is 0 Å². The summed E-state index contributed by atoms with van der Waals surface area (Å²) in [5.41, 5.74) is 10.8. The third-order valence-electron chi connectivity index (χ3n) is 8.29. The van der Waals surface area contributed by atoms with Gasteiger partial charge in [-0.3, -0.25) is 0 Å². The molecule has 0 atom stereocenters. The van der Waals surface area contributed by atoms with E-state index in [2.05, 4.69) is 38.3 Å². The predicted molar refractivity (Wildman–Crippen MR) is 185 cm³/mol. The molecule has 0 aliphatic carbocycles. The summed E-state index contributed by atoms with van der Waals surface area (Å²) in [6, 6.07) is 18.1. The van der Waals surface area contributed by atoms with Crippen LogP contribution in [0.2, 0.25) is 0 Å². The summed E-state index contributed by atoms with van der Waals surface area (Å²) in [6.45, 7) is 8.39. The molecule has 3 aromatic carbocycles. The molecule has 0 aromatic heterocycles. The number of methoxy groups -OCH3 is 1. The molecule has 254 valence electrons. The number of hydrogen-bond donors (Lipinski definition) is 3. The van der Waals surface area contributed by atoms with Crippen LogP contribution in [0, 0.1) is 0 Å². The van der Waals surface area contributed by atoms with Crippen LogP contribution in [0.5, 0.6) is 11.5 Å². The highest BCUT2D eigenvalue weighted by Crippen LogP contribution is 2.40. The number of nitrogens with two attached hydrogens (primary N) is 1. The lowest BCUT2D eigenvalue weighted by molar-refractivity contribution is -0.153. The summed E-state index contributed by atoms with van der Waals surface area (Å²) < 4.78 is 49.4. The van der Waals surface area contributed by atoms with Crippen molar-refractivity contribution in [3.05, 3.63) is 77.4 Å². The summed E-state index contributed by atoms with van der Waals surface area (Å²) in [6.07, 6.45) is -3.14. The average Bonchev–Trinajstić information content (AvgIpc) is 2.99. The molecule has 0 radical (unpaired) electrons. The van der Waals surface area contributed by atoms with Crippen molar-refractivity contribution >= 4 is 47.9 Å². The predicted octanol–water partition coefficient (Wildman–Crippen LogP) is 8.67. The highest BCUT2D eigenvalue weighted by atomic mass is 35.5. The maximum atomic E-state index is 13.5. The number of benzene rings is 3. The summed E-state index contributed by atoms with van der Waals surface area (Å²) in [5.74, 6) is 1.22. The van der Waals surface area contributed by atoms with Gasteiger partial charge in [0.25, 0.3) is 0 Å². The van der Waals surface area contributed by atoms with E-state index in [-0.39, 0.29) is 48.4 Å². The SMILES string of the molecule is COc1cccc(C2(CNC(=O)Nc3c(C(C)C)cc(N)cc3C(C)C)CCN(c3ccccc3OCC(F)(F)F)CC2)c1.Cl.Cl. The molecule has 2 amide bonds. The number of urea groups is 1. The maximum Gasteiger partial charge on any atom is 0.422 e. The Kier molecular flexibility index (Phi) is 13.8. The Morgan fingerprint density at radius 1 is 0.957 bits per heavy atom. The number of para-hydroxylation sites is 2. The van der Waals surface area contributed by atoms with Gasteiger partial charge >= 0.3 is 12.2 Å². The second-order valence-electron chi connectivity index (χ2n) is 12.1. The van der Waals surface area contributed by atoms with E-state index >= 15 is 0 Å². The summed E-state index contributed by atoms with van der Waals surface area (Å²) in [7, 11) is 1.61. The van der Waals surface area contributed by atoms with Gasteiger partial charge in [0.1, 0.15) is 11.5 Å². The van der Waals surface area contributed by atoms with Gasteiger partial charge in [0.05, 0.1) is 12.8 Å². The minimum Gasteiger partial charge on any atom is -0.497 e. The summed E-state index contributed by atoms with van der Waals surface area (Å²) >= 11 is 0. The number of rotatable bonds is 10. The van der Waals surface area contributed by atoms with Gasteiger partial charge in [0, 0.05) is 36.4 Å². The number of piperidine rings is 1. The first-order valence-electron chi connectivity index (χ1n) is 15.0. The number of carbonyl (C=O) groups is 1. The molecule has 1 fully saturated rings. The molecule has 4 rings (SSSR count). The quantitative estimate of drug-likeness (QED) is 0.186. The third-order valence-corrected chi connectivity index (χ3v) is 8.29. The van der Waals surface area contributed by atoms with Gasteiger partial charge in [-0.05, 0) is 77.8 Å². The van der Waals surface area contributed by atoms with E-state index in [0.29, 0.717) is 49.6 Å². The van der Waals surface area contributed by atoms with Crippen LogP contribution in [0.1, 0.15) is 69.1 Å². The zero-order valence-corrected chi connectivity index (χ0v) is 28.5. The van der Waals surface area contributed by atoms with E-state index in [0.717, 1.165) is 22.4 Å². The average molecular weight is 686 g/mol. The highest BCUT2D eigenvalue weighted by molar-refractivity contribution is 5.92.